The molecule has 4 heteroatoms. The summed E-state index contributed by atoms with van der Waals surface area (Å²) < 4.78 is 16.1. The first-order chi connectivity index (χ1) is 10.2. The van der Waals surface area contributed by atoms with Gasteiger partial charge in [0.05, 0.1) is 20.8 Å². The second-order valence-corrected chi connectivity index (χ2v) is 5.43. The van der Waals surface area contributed by atoms with Crippen LogP contribution in [0.15, 0.2) is 18.2 Å². The number of thiocarbonyl (C=S) groups is 1. The number of benzene rings is 1. The Kier molecular flexibility index (Phi) is 8.83. The van der Waals surface area contributed by atoms with Crippen LogP contribution in [0.25, 0.3) is 0 Å². The van der Waals surface area contributed by atoms with Gasteiger partial charge in [0.15, 0.2) is 16.5 Å². The number of rotatable bonds is 10. The summed E-state index contributed by atoms with van der Waals surface area (Å²) in [5.41, 5.74) is 1.17. The number of unbranched alkanes of at least 4 members (excludes halogenated alkanes) is 3. The lowest BCUT2D eigenvalue weighted by Gasteiger charge is -2.10. The molecule has 0 aromatic heterocycles. The highest BCUT2D eigenvalue weighted by Gasteiger charge is 2.06. The van der Waals surface area contributed by atoms with Crippen LogP contribution < -0.4 is 9.47 Å². The molecule has 0 radical (unpaired) electrons. The minimum absolute atomic E-state index is 0.696. The van der Waals surface area contributed by atoms with Gasteiger partial charge in [-0.3, -0.25) is 0 Å². The van der Waals surface area contributed by atoms with Crippen LogP contribution in [0.5, 0.6) is 11.5 Å². The Morgan fingerprint density at radius 1 is 1.05 bits per heavy atom. The lowest BCUT2D eigenvalue weighted by Crippen LogP contribution is -2.05. The molecule has 1 aromatic rings. The average molecular weight is 310 g/mol. The molecule has 118 valence electrons. The lowest BCUT2D eigenvalue weighted by atomic mass is 10.1. The molecular weight excluding hydrogens is 284 g/mol. The molecule has 0 amide bonds. The Hall–Kier alpha value is -1.29. The van der Waals surface area contributed by atoms with Crippen molar-refractivity contribution >= 4 is 17.3 Å². The van der Waals surface area contributed by atoms with Crippen LogP contribution in [0.3, 0.4) is 0 Å². The zero-order valence-corrected chi connectivity index (χ0v) is 14.1. The van der Waals surface area contributed by atoms with Crippen LogP contribution in [0.2, 0.25) is 0 Å². The monoisotopic (exact) mass is 310 g/mol. The molecule has 3 nitrogen and oxygen atoms in total. The fraction of sp³-hybridized carbons (Fsp3) is 0.588. The molecule has 0 aliphatic heterocycles. The van der Waals surface area contributed by atoms with Crippen LogP contribution in [0, 0.1) is 0 Å². The number of aryl methyl sites for hydroxylation is 1. The van der Waals surface area contributed by atoms with Crippen molar-refractivity contribution in [3.8, 4) is 11.5 Å². The maximum Gasteiger partial charge on any atom is 0.160 e. The molecule has 0 spiro atoms. The van der Waals surface area contributed by atoms with E-state index in [1.807, 2.05) is 18.2 Å². The molecule has 0 heterocycles. The van der Waals surface area contributed by atoms with E-state index < -0.39 is 0 Å². The quantitative estimate of drug-likeness (QED) is 0.468. The van der Waals surface area contributed by atoms with E-state index in [-0.39, 0.29) is 0 Å². The highest BCUT2D eigenvalue weighted by atomic mass is 32.1. The molecule has 0 aliphatic rings. The van der Waals surface area contributed by atoms with Crippen molar-refractivity contribution in [3.05, 3.63) is 23.8 Å². The zero-order valence-electron chi connectivity index (χ0n) is 13.3. The van der Waals surface area contributed by atoms with Crippen molar-refractivity contribution in [1.29, 1.82) is 0 Å². The van der Waals surface area contributed by atoms with E-state index in [4.69, 9.17) is 26.4 Å². The molecule has 0 saturated heterocycles. The number of hydrogen-bond acceptors (Lipinski definition) is 4. The van der Waals surface area contributed by atoms with Gasteiger partial charge < -0.3 is 14.2 Å². The number of hydrogen-bond donors (Lipinski definition) is 0. The molecule has 0 saturated carbocycles. The molecule has 21 heavy (non-hydrogen) atoms. The third-order valence-electron chi connectivity index (χ3n) is 3.33. The SMILES string of the molecule is CCCCCCOC(=S)CCc1ccc(OC)c(OC)c1. The zero-order chi connectivity index (χ0) is 15.5. The second kappa shape index (κ2) is 10.4. The summed E-state index contributed by atoms with van der Waals surface area (Å²) in [6, 6.07) is 5.94. The van der Waals surface area contributed by atoms with Gasteiger partial charge in [-0.2, -0.15) is 0 Å². The Bertz CT molecular complexity index is 432. The smallest absolute Gasteiger partial charge is 0.160 e. The maximum atomic E-state index is 5.59. The first-order valence-corrected chi connectivity index (χ1v) is 7.98. The maximum absolute atomic E-state index is 5.59. The minimum Gasteiger partial charge on any atom is -0.493 e. The topological polar surface area (TPSA) is 27.7 Å². The number of methoxy groups -OCH3 is 2. The molecule has 1 aromatic carbocycles. The van der Waals surface area contributed by atoms with Crippen LogP contribution in [-0.4, -0.2) is 25.9 Å². The fourth-order valence-corrected chi connectivity index (χ4v) is 2.25. The van der Waals surface area contributed by atoms with E-state index in [9.17, 15) is 0 Å². The Balaban J connectivity index is 2.32. The third kappa shape index (κ3) is 6.80. The number of ether oxygens (including phenoxy) is 3. The van der Waals surface area contributed by atoms with Crippen LogP contribution in [0.4, 0.5) is 0 Å². The molecular formula is C17H26O3S. The second-order valence-electron chi connectivity index (χ2n) is 4.97. The standard InChI is InChI=1S/C17H26O3S/c1-4-5-6-7-12-20-17(21)11-9-14-8-10-15(18-2)16(13-14)19-3/h8,10,13H,4-7,9,11-12H2,1-3H3. The molecule has 0 atom stereocenters. The first-order valence-electron chi connectivity index (χ1n) is 7.57. The third-order valence-corrected chi connectivity index (χ3v) is 3.65. The van der Waals surface area contributed by atoms with E-state index in [0.717, 1.165) is 37.4 Å². The summed E-state index contributed by atoms with van der Waals surface area (Å²) in [6.45, 7) is 2.94. The summed E-state index contributed by atoms with van der Waals surface area (Å²) in [4.78, 5) is 0. The lowest BCUT2D eigenvalue weighted by molar-refractivity contribution is 0.292. The van der Waals surface area contributed by atoms with Gasteiger partial charge in [-0.1, -0.05) is 32.3 Å². The summed E-state index contributed by atoms with van der Waals surface area (Å²) in [5, 5.41) is 0.696. The van der Waals surface area contributed by atoms with Crippen molar-refractivity contribution in [2.45, 2.75) is 45.4 Å². The van der Waals surface area contributed by atoms with Crippen molar-refractivity contribution in [1.82, 2.24) is 0 Å². The Morgan fingerprint density at radius 3 is 2.48 bits per heavy atom. The van der Waals surface area contributed by atoms with Gasteiger partial charge in [-0.15, -0.1) is 0 Å². The van der Waals surface area contributed by atoms with E-state index in [1.54, 1.807) is 14.2 Å². The summed E-state index contributed by atoms with van der Waals surface area (Å²) in [5.74, 6) is 1.50. The van der Waals surface area contributed by atoms with Gasteiger partial charge in [0, 0.05) is 6.42 Å². The summed E-state index contributed by atoms with van der Waals surface area (Å²) in [7, 11) is 3.28. The van der Waals surface area contributed by atoms with Crippen molar-refractivity contribution < 1.29 is 14.2 Å². The van der Waals surface area contributed by atoms with Gasteiger partial charge in [-0.25, -0.2) is 0 Å². The van der Waals surface area contributed by atoms with Gasteiger partial charge >= 0.3 is 0 Å². The van der Waals surface area contributed by atoms with E-state index in [2.05, 4.69) is 6.92 Å². The molecule has 0 N–H and O–H groups in total. The van der Waals surface area contributed by atoms with Gasteiger partial charge in [-0.05, 0) is 42.8 Å². The fourth-order valence-electron chi connectivity index (χ4n) is 2.07. The summed E-state index contributed by atoms with van der Waals surface area (Å²) in [6.07, 6.45) is 6.43. The van der Waals surface area contributed by atoms with Crippen LogP contribution >= 0.6 is 12.2 Å². The van der Waals surface area contributed by atoms with Gasteiger partial charge in [0.1, 0.15) is 0 Å². The molecule has 0 bridgehead atoms. The van der Waals surface area contributed by atoms with Crippen LogP contribution in [0.1, 0.15) is 44.6 Å². The molecule has 1 rings (SSSR count). The Morgan fingerprint density at radius 2 is 1.81 bits per heavy atom. The Labute approximate surface area is 133 Å². The first kappa shape index (κ1) is 17.8. The predicted octanol–water partition coefficient (Wildman–Crippen LogP) is 4.56. The van der Waals surface area contributed by atoms with E-state index >= 15 is 0 Å². The van der Waals surface area contributed by atoms with Crippen LogP contribution in [-0.2, 0) is 11.2 Å². The molecule has 0 aliphatic carbocycles. The molecule has 0 fully saturated rings. The van der Waals surface area contributed by atoms with Gasteiger partial charge in [0.25, 0.3) is 0 Å². The highest BCUT2D eigenvalue weighted by Crippen LogP contribution is 2.28. The molecule has 0 unspecified atom stereocenters. The van der Waals surface area contributed by atoms with Crippen molar-refractivity contribution in [2.75, 3.05) is 20.8 Å². The van der Waals surface area contributed by atoms with E-state index in [0.29, 0.717) is 5.05 Å². The van der Waals surface area contributed by atoms with E-state index in [1.165, 1.54) is 24.8 Å². The van der Waals surface area contributed by atoms with Gasteiger partial charge in [0.2, 0.25) is 0 Å². The summed E-state index contributed by atoms with van der Waals surface area (Å²) >= 11 is 5.26. The largest absolute Gasteiger partial charge is 0.493 e. The predicted molar refractivity (Wildman–Crippen MR) is 90.6 cm³/mol. The van der Waals surface area contributed by atoms with Crippen molar-refractivity contribution in [2.24, 2.45) is 0 Å². The minimum atomic E-state index is 0.696. The average Bonchev–Trinajstić information content (AvgIpc) is 2.52. The normalized spacial score (nSPS) is 10.2. The highest BCUT2D eigenvalue weighted by molar-refractivity contribution is 7.80. The van der Waals surface area contributed by atoms with Crippen molar-refractivity contribution in [3.63, 3.8) is 0 Å².